The number of thiophene rings is 2. The Balaban J connectivity index is 1.56. The molecule has 0 saturated carbocycles. The van der Waals surface area contributed by atoms with Crippen LogP contribution in [0.2, 0.25) is 0 Å². The van der Waals surface area contributed by atoms with Crippen molar-refractivity contribution in [2.75, 3.05) is 11.9 Å². The Morgan fingerprint density at radius 2 is 1.79 bits per heavy atom. The van der Waals surface area contributed by atoms with Crippen molar-refractivity contribution in [1.82, 2.24) is 5.32 Å². The lowest BCUT2D eigenvalue weighted by atomic mass is 10.3. The molecule has 6 nitrogen and oxygen atoms in total. The largest absolute Gasteiger partial charge is 0.492 e. The number of anilines is 1. The van der Waals surface area contributed by atoms with Crippen LogP contribution < -0.4 is 15.4 Å². The molecule has 28 heavy (non-hydrogen) atoms. The highest BCUT2D eigenvalue weighted by atomic mass is 32.1. The van der Waals surface area contributed by atoms with Crippen molar-refractivity contribution in [2.45, 2.75) is 13.5 Å². The molecule has 0 atom stereocenters. The number of carbonyl (C=O) groups is 3. The summed E-state index contributed by atoms with van der Waals surface area (Å²) < 4.78 is 5.43. The van der Waals surface area contributed by atoms with Crippen LogP contribution in [0.5, 0.6) is 5.75 Å². The molecule has 0 spiro atoms. The third-order valence-corrected chi connectivity index (χ3v) is 5.65. The maximum atomic E-state index is 12.3. The summed E-state index contributed by atoms with van der Waals surface area (Å²) in [5.41, 5.74) is 0.435. The molecule has 2 aromatic heterocycles. The molecule has 0 aliphatic carbocycles. The van der Waals surface area contributed by atoms with Gasteiger partial charge in [-0.15, -0.1) is 22.7 Å². The minimum absolute atomic E-state index is 0.0390. The van der Waals surface area contributed by atoms with Crippen molar-refractivity contribution in [2.24, 2.45) is 0 Å². The van der Waals surface area contributed by atoms with Gasteiger partial charge in [-0.05, 0) is 42.6 Å². The van der Waals surface area contributed by atoms with Gasteiger partial charge in [0.2, 0.25) is 5.78 Å². The maximum Gasteiger partial charge on any atom is 0.313 e. The summed E-state index contributed by atoms with van der Waals surface area (Å²) in [6, 6.07) is 14.0. The monoisotopic (exact) mass is 414 g/mol. The van der Waals surface area contributed by atoms with Crippen molar-refractivity contribution in [1.29, 1.82) is 0 Å². The van der Waals surface area contributed by atoms with E-state index in [1.807, 2.05) is 18.4 Å². The number of ketones is 1. The zero-order valence-electron chi connectivity index (χ0n) is 15.1. The fraction of sp³-hybridized carbons (Fsp3) is 0.150. The highest BCUT2D eigenvalue weighted by Gasteiger charge is 2.17. The molecule has 8 heteroatoms. The van der Waals surface area contributed by atoms with Crippen molar-refractivity contribution < 1.29 is 19.1 Å². The quantitative estimate of drug-likeness (QED) is 0.456. The second kappa shape index (κ2) is 9.29. The number of carbonyl (C=O) groups excluding carboxylic acids is 3. The number of hydrogen-bond donors (Lipinski definition) is 2. The van der Waals surface area contributed by atoms with Gasteiger partial charge in [-0.1, -0.05) is 18.2 Å². The summed E-state index contributed by atoms with van der Waals surface area (Å²) in [5.74, 6) is -1.08. The number of amides is 2. The molecule has 0 aliphatic heterocycles. The second-order valence-electron chi connectivity index (χ2n) is 5.64. The van der Waals surface area contributed by atoms with E-state index in [0.717, 1.165) is 4.88 Å². The lowest BCUT2D eigenvalue weighted by Gasteiger charge is -2.11. The normalized spacial score (nSPS) is 10.3. The van der Waals surface area contributed by atoms with E-state index in [0.29, 0.717) is 27.8 Å². The number of para-hydroxylation sites is 2. The molecule has 0 aliphatic rings. The first-order valence-electron chi connectivity index (χ1n) is 8.56. The average molecular weight is 415 g/mol. The molecular formula is C20H18N2O4S2. The van der Waals surface area contributed by atoms with E-state index in [9.17, 15) is 14.4 Å². The number of nitrogens with one attached hydrogen (secondary N) is 2. The molecule has 2 heterocycles. The first kappa shape index (κ1) is 19.8. The number of ether oxygens (including phenoxy) is 1. The van der Waals surface area contributed by atoms with Crippen LogP contribution in [-0.4, -0.2) is 24.2 Å². The Kier molecular flexibility index (Phi) is 6.57. The van der Waals surface area contributed by atoms with Crippen LogP contribution >= 0.6 is 22.7 Å². The lowest BCUT2D eigenvalue weighted by Crippen LogP contribution is -2.34. The van der Waals surface area contributed by atoms with Crippen molar-refractivity contribution in [3.05, 3.63) is 68.5 Å². The van der Waals surface area contributed by atoms with Crippen molar-refractivity contribution in [3.8, 4) is 5.75 Å². The molecule has 0 unspecified atom stereocenters. The average Bonchev–Trinajstić information content (AvgIpc) is 3.39. The van der Waals surface area contributed by atoms with Gasteiger partial charge in [0.25, 0.3) is 0 Å². The molecule has 0 saturated heterocycles. The van der Waals surface area contributed by atoms with Crippen LogP contribution in [0.1, 0.15) is 26.3 Å². The Labute approximate surface area is 170 Å². The topological polar surface area (TPSA) is 84.5 Å². The summed E-state index contributed by atoms with van der Waals surface area (Å²) in [7, 11) is 0. The van der Waals surface area contributed by atoms with Crippen molar-refractivity contribution >= 4 is 46.0 Å². The Morgan fingerprint density at radius 3 is 2.54 bits per heavy atom. The van der Waals surface area contributed by atoms with Gasteiger partial charge in [-0.3, -0.25) is 14.4 Å². The van der Waals surface area contributed by atoms with Crippen LogP contribution in [0.25, 0.3) is 0 Å². The second-order valence-corrected chi connectivity index (χ2v) is 7.75. The van der Waals surface area contributed by atoms with Gasteiger partial charge < -0.3 is 15.4 Å². The third-order valence-electron chi connectivity index (χ3n) is 3.69. The van der Waals surface area contributed by atoms with Gasteiger partial charge in [0.05, 0.1) is 28.6 Å². The van der Waals surface area contributed by atoms with Gasteiger partial charge in [0.1, 0.15) is 5.75 Å². The lowest BCUT2D eigenvalue weighted by molar-refractivity contribution is -0.136. The van der Waals surface area contributed by atoms with E-state index in [2.05, 4.69) is 10.6 Å². The molecule has 3 aromatic rings. The number of rotatable bonds is 7. The molecule has 0 radical (unpaired) electrons. The predicted molar refractivity (Wildman–Crippen MR) is 110 cm³/mol. The molecule has 0 bridgehead atoms. The van der Waals surface area contributed by atoms with Gasteiger partial charge in [0, 0.05) is 4.88 Å². The van der Waals surface area contributed by atoms with Gasteiger partial charge >= 0.3 is 11.8 Å². The van der Waals surface area contributed by atoms with Crippen LogP contribution in [0.3, 0.4) is 0 Å². The Bertz CT molecular complexity index is 980. The molecule has 2 amide bonds. The first-order chi connectivity index (χ1) is 13.6. The smallest absolute Gasteiger partial charge is 0.313 e. The fourth-order valence-electron chi connectivity index (χ4n) is 2.40. The summed E-state index contributed by atoms with van der Waals surface area (Å²) in [5, 5.41) is 6.97. The summed E-state index contributed by atoms with van der Waals surface area (Å²) in [4.78, 5) is 38.6. The van der Waals surface area contributed by atoms with Crippen LogP contribution in [0, 0.1) is 0 Å². The molecule has 0 fully saturated rings. The van der Waals surface area contributed by atoms with Gasteiger partial charge in [-0.2, -0.15) is 0 Å². The van der Waals surface area contributed by atoms with E-state index in [1.54, 1.807) is 42.5 Å². The third kappa shape index (κ3) is 4.85. The molecular weight excluding hydrogens is 396 g/mol. The van der Waals surface area contributed by atoms with E-state index >= 15 is 0 Å². The summed E-state index contributed by atoms with van der Waals surface area (Å²) >= 11 is 2.68. The zero-order chi connectivity index (χ0) is 19.9. The van der Waals surface area contributed by atoms with Crippen LogP contribution in [-0.2, 0) is 16.1 Å². The highest BCUT2D eigenvalue weighted by Crippen LogP contribution is 2.24. The molecule has 1 aromatic carbocycles. The zero-order valence-corrected chi connectivity index (χ0v) is 16.7. The number of benzene rings is 1. The minimum Gasteiger partial charge on any atom is -0.492 e. The highest BCUT2D eigenvalue weighted by molar-refractivity contribution is 7.16. The summed E-state index contributed by atoms with van der Waals surface area (Å²) in [6.07, 6.45) is 0. The van der Waals surface area contributed by atoms with E-state index in [4.69, 9.17) is 4.74 Å². The Hall–Kier alpha value is -2.97. The van der Waals surface area contributed by atoms with Crippen molar-refractivity contribution in [3.63, 3.8) is 0 Å². The van der Waals surface area contributed by atoms with Crippen LogP contribution in [0.15, 0.2) is 53.9 Å². The number of hydrogen-bond acceptors (Lipinski definition) is 6. The maximum absolute atomic E-state index is 12.3. The van der Waals surface area contributed by atoms with E-state index < -0.39 is 11.8 Å². The standard InChI is InChI=1S/C20H18N2O4S2/c1-2-26-15-7-4-3-6-14(15)22-20(25)19(24)21-12-13-9-10-17(28-13)18(23)16-8-5-11-27-16/h3-11H,2,12H2,1H3,(H,21,24)(H,22,25). The first-order valence-corrected chi connectivity index (χ1v) is 10.3. The SMILES string of the molecule is CCOc1ccccc1NC(=O)C(=O)NCc1ccc(C(=O)c2cccs2)s1. The Morgan fingerprint density at radius 1 is 0.964 bits per heavy atom. The fourth-order valence-corrected chi connectivity index (χ4v) is 4.05. The van der Waals surface area contributed by atoms with Gasteiger partial charge in [0.15, 0.2) is 0 Å². The van der Waals surface area contributed by atoms with E-state index in [1.165, 1.54) is 22.7 Å². The molecule has 144 valence electrons. The molecule has 2 N–H and O–H groups in total. The summed E-state index contributed by atoms with van der Waals surface area (Å²) in [6.45, 7) is 2.45. The van der Waals surface area contributed by atoms with E-state index in [-0.39, 0.29) is 12.3 Å². The van der Waals surface area contributed by atoms with Crippen LogP contribution in [0.4, 0.5) is 5.69 Å². The van der Waals surface area contributed by atoms with Gasteiger partial charge in [-0.25, -0.2) is 0 Å². The predicted octanol–water partition coefficient (Wildman–Crippen LogP) is 3.69. The molecule has 3 rings (SSSR count). The minimum atomic E-state index is -0.779.